The summed E-state index contributed by atoms with van der Waals surface area (Å²) in [6.45, 7) is 3.56. The van der Waals surface area contributed by atoms with Crippen LogP contribution in [0.2, 0.25) is 0 Å². The van der Waals surface area contributed by atoms with Gasteiger partial charge in [-0.3, -0.25) is 0 Å². The Kier molecular flexibility index (Phi) is 3.36. The molecule has 0 radical (unpaired) electrons. The Balaban J connectivity index is 3.07. The Morgan fingerprint density at radius 1 is 1.36 bits per heavy atom. The van der Waals surface area contributed by atoms with Gasteiger partial charge in [0.05, 0.1) is 0 Å². The molecule has 1 N–H and O–H groups in total. The normalized spacial score (nSPS) is 12.4. The molecule has 14 heavy (non-hydrogen) atoms. The van der Waals surface area contributed by atoms with Crippen molar-refractivity contribution in [3.63, 3.8) is 0 Å². The molecular weight excluding hydrogens is 186 g/mol. The van der Waals surface area contributed by atoms with Gasteiger partial charge in [0.15, 0.2) is 11.6 Å². The van der Waals surface area contributed by atoms with E-state index in [-0.39, 0.29) is 5.56 Å². The number of aliphatic hydroxyl groups is 1. The van der Waals surface area contributed by atoms with E-state index >= 15 is 0 Å². The molecule has 1 rings (SSSR count). The van der Waals surface area contributed by atoms with Gasteiger partial charge in [0.1, 0.15) is 6.10 Å². The fraction of sp³-hybridized carbons (Fsp3) is 0.273. The number of aliphatic hydroxyl groups excluding tert-OH is 1. The topological polar surface area (TPSA) is 20.2 Å². The minimum atomic E-state index is -1.09. The van der Waals surface area contributed by atoms with Gasteiger partial charge in [-0.05, 0) is 19.9 Å². The summed E-state index contributed by atoms with van der Waals surface area (Å²) < 4.78 is 25.9. The first-order valence-electron chi connectivity index (χ1n) is 4.29. The smallest absolute Gasteiger partial charge is 0.164 e. The SMILES string of the molecule is CC(C)=CC(O)c1cccc(F)c1F. The first-order valence-corrected chi connectivity index (χ1v) is 4.29. The zero-order chi connectivity index (χ0) is 10.7. The number of benzene rings is 1. The molecule has 0 fully saturated rings. The Labute approximate surface area is 81.7 Å². The van der Waals surface area contributed by atoms with Crippen LogP contribution in [0.15, 0.2) is 29.8 Å². The molecule has 0 amide bonds. The van der Waals surface area contributed by atoms with E-state index in [0.717, 1.165) is 11.6 Å². The molecule has 1 unspecified atom stereocenters. The van der Waals surface area contributed by atoms with Crippen LogP contribution >= 0.6 is 0 Å². The molecule has 0 heterocycles. The molecule has 0 saturated heterocycles. The van der Waals surface area contributed by atoms with Crippen LogP contribution in [-0.2, 0) is 0 Å². The van der Waals surface area contributed by atoms with E-state index in [4.69, 9.17) is 0 Å². The summed E-state index contributed by atoms with van der Waals surface area (Å²) >= 11 is 0. The summed E-state index contributed by atoms with van der Waals surface area (Å²) in [5, 5.41) is 9.51. The van der Waals surface area contributed by atoms with Gasteiger partial charge in [-0.15, -0.1) is 0 Å². The maximum Gasteiger partial charge on any atom is 0.164 e. The van der Waals surface area contributed by atoms with Gasteiger partial charge < -0.3 is 5.11 Å². The highest BCUT2D eigenvalue weighted by atomic mass is 19.2. The second-order valence-corrected chi connectivity index (χ2v) is 3.33. The van der Waals surface area contributed by atoms with Crippen molar-refractivity contribution in [3.05, 3.63) is 47.0 Å². The highest BCUT2D eigenvalue weighted by molar-refractivity contribution is 5.25. The largest absolute Gasteiger partial charge is 0.384 e. The van der Waals surface area contributed by atoms with Crippen LogP contribution in [0.3, 0.4) is 0 Å². The third-order valence-corrected chi connectivity index (χ3v) is 1.79. The molecule has 1 atom stereocenters. The molecule has 0 aliphatic rings. The van der Waals surface area contributed by atoms with Gasteiger partial charge in [0.25, 0.3) is 0 Å². The molecule has 0 bridgehead atoms. The predicted octanol–water partition coefficient (Wildman–Crippen LogP) is 2.96. The number of rotatable bonds is 2. The van der Waals surface area contributed by atoms with Crippen LogP contribution in [0.4, 0.5) is 8.78 Å². The molecule has 0 aromatic heterocycles. The third-order valence-electron chi connectivity index (χ3n) is 1.79. The van der Waals surface area contributed by atoms with Crippen LogP contribution in [-0.4, -0.2) is 5.11 Å². The quantitative estimate of drug-likeness (QED) is 0.724. The minimum absolute atomic E-state index is 0.0359. The lowest BCUT2D eigenvalue weighted by molar-refractivity contribution is 0.220. The molecule has 0 aliphatic carbocycles. The Morgan fingerprint density at radius 2 is 2.00 bits per heavy atom. The predicted molar refractivity (Wildman–Crippen MR) is 50.7 cm³/mol. The summed E-state index contributed by atoms with van der Waals surface area (Å²) in [7, 11) is 0. The van der Waals surface area contributed by atoms with E-state index in [0.29, 0.717) is 0 Å². The van der Waals surface area contributed by atoms with E-state index in [2.05, 4.69) is 0 Å². The molecule has 0 saturated carbocycles. The summed E-state index contributed by atoms with van der Waals surface area (Å²) in [5.74, 6) is -1.93. The standard InChI is InChI=1S/C11H12F2O/c1-7(2)6-10(14)8-4-3-5-9(12)11(8)13/h3-6,10,14H,1-2H3. The van der Waals surface area contributed by atoms with Crippen molar-refractivity contribution in [3.8, 4) is 0 Å². The van der Waals surface area contributed by atoms with Crippen molar-refractivity contribution < 1.29 is 13.9 Å². The molecule has 1 aromatic rings. The fourth-order valence-electron chi connectivity index (χ4n) is 1.15. The maximum atomic E-state index is 13.1. The first kappa shape index (κ1) is 10.9. The lowest BCUT2D eigenvalue weighted by atomic mass is 10.1. The highest BCUT2D eigenvalue weighted by Crippen LogP contribution is 2.20. The van der Waals surface area contributed by atoms with E-state index < -0.39 is 17.7 Å². The maximum absolute atomic E-state index is 13.1. The number of allylic oxidation sites excluding steroid dienone is 1. The average Bonchev–Trinajstić information content (AvgIpc) is 2.08. The number of hydrogen-bond acceptors (Lipinski definition) is 1. The minimum Gasteiger partial charge on any atom is -0.384 e. The van der Waals surface area contributed by atoms with Crippen molar-refractivity contribution in [2.75, 3.05) is 0 Å². The second kappa shape index (κ2) is 4.33. The van der Waals surface area contributed by atoms with Gasteiger partial charge in [0, 0.05) is 5.56 Å². The van der Waals surface area contributed by atoms with Crippen LogP contribution < -0.4 is 0 Å². The van der Waals surface area contributed by atoms with Crippen LogP contribution in [0.25, 0.3) is 0 Å². The van der Waals surface area contributed by atoms with Crippen molar-refractivity contribution >= 4 is 0 Å². The molecule has 76 valence electrons. The first-order chi connectivity index (χ1) is 6.52. The van der Waals surface area contributed by atoms with Gasteiger partial charge in [0.2, 0.25) is 0 Å². The highest BCUT2D eigenvalue weighted by Gasteiger charge is 2.13. The number of halogens is 2. The van der Waals surface area contributed by atoms with E-state index in [9.17, 15) is 13.9 Å². The van der Waals surface area contributed by atoms with E-state index in [1.807, 2.05) is 0 Å². The second-order valence-electron chi connectivity index (χ2n) is 3.33. The zero-order valence-electron chi connectivity index (χ0n) is 8.09. The Bertz CT molecular complexity index is 354. The molecule has 0 aliphatic heterocycles. The van der Waals surface area contributed by atoms with Crippen molar-refractivity contribution in [1.29, 1.82) is 0 Å². The van der Waals surface area contributed by atoms with Gasteiger partial charge in [-0.1, -0.05) is 23.8 Å². The van der Waals surface area contributed by atoms with Crippen LogP contribution in [0.5, 0.6) is 0 Å². The monoisotopic (exact) mass is 198 g/mol. The summed E-state index contributed by atoms with van der Waals surface area (Å²) in [6.07, 6.45) is 0.383. The van der Waals surface area contributed by atoms with Gasteiger partial charge in [-0.25, -0.2) is 8.78 Å². The van der Waals surface area contributed by atoms with Gasteiger partial charge >= 0.3 is 0 Å². The number of hydrogen-bond donors (Lipinski definition) is 1. The zero-order valence-corrected chi connectivity index (χ0v) is 8.09. The summed E-state index contributed by atoms with van der Waals surface area (Å²) in [5.41, 5.74) is 0.812. The third kappa shape index (κ3) is 2.39. The van der Waals surface area contributed by atoms with Crippen molar-refractivity contribution in [1.82, 2.24) is 0 Å². The van der Waals surface area contributed by atoms with E-state index in [1.165, 1.54) is 18.2 Å². The van der Waals surface area contributed by atoms with Crippen LogP contribution in [0, 0.1) is 11.6 Å². The van der Waals surface area contributed by atoms with Crippen LogP contribution in [0.1, 0.15) is 25.5 Å². The molecular formula is C11H12F2O. The average molecular weight is 198 g/mol. The van der Waals surface area contributed by atoms with Crippen molar-refractivity contribution in [2.24, 2.45) is 0 Å². The lowest BCUT2D eigenvalue weighted by Gasteiger charge is -2.08. The van der Waals surface area contributed by atoms with Crippen molar-refractivity contribution in [2.45, 2.75) is 20.0 Å². The van der Waals surface area contributed by atoms with Gasteiger partial charge in [-0.2, -0.15) is 0 Å². The molecule has 3 heteroatoms. The lowest BCUT2D eigenvalue weighted by Crippen LogP contribution is -2.00. The summed E-state index contributed by atoms with van der Waals surface area (Å²) in [4.78, 5) is 0. The molecule has 1 nitrogen and oxygen atoms in total. The molecule has 0 spiro atoms. The summed E-state index contributed by atoms with van der Waals surface area (Å²) in [6, 6.07) is 3.76. The Hall–Kier alpha value is -1.22. The Morgan fingerprint density at radius 3 is 2.57 bits per heavy atom. The molecule has 1 aromatic carbocycles. The van der Waals surface area contributed by atoms with E-state index in [1.54, 1.807) is 13.8 Å². The fourth-order valence-corrected chi connectivity index (χ4v) is 1.15.